The Bertz CT molecular complexity index is 752. The first-order chi connectivity index (χ1) is 12.7. The highest BCUT2D eigenvalue weighted by molar-refractivity contribution is 7.99. The minimum atomic E-state index is -3.73. The van der Waals surface area contributed by atoms with Crippen molar-refractivity contribution in [3.63, 3.8) is 0 Å². The van der Waals surface area contributed by atoms with Gasteiger partial charge in [0.15, 0.2) is 0 Å². The summed E-state index contributed by atoms with van der Waals surface area (Å²) in [6.45, 7) is 2.06. The molecule has 6 nitrogen and oxygen atoms in total. The highest BCUT2D eigenvalue weighted by atomic mass is 35.5. The number of thioether (sulfide) groups is 1. The predicted octanol–water partition coefficient (Wildman–Crippen LogP) is 3.30. The second-order valence-corrected chi connectivity index (χ2v) is 10.3. The van der Waals surface area contributed by atoms with Gasteiger partial charge >= 0.3 is 0 Å². The zero-order valence-corrected chi connectivity index (χ0v) is 18.3. The van der Waals surface area contributed by atoms with Crippen molar-refractivity contribution in [2.24, 2.45) is 0 Å². The predicted molar refractivity (Wildman–Crippen MR) is 113 cm³/mol. The Morgan fingerprint density at radius 3 is 2.67 bits per heavy atom. The van der Waals surface area contributed by atoms with E-state index in [2.05, 4.69) is 5.32 Å². The standard InChI is InChI=1S/C18H27ClN2O4S2/c1-13(18(22)20-10-11-26-15-6-4-5-7-15)21(27(3,23)24)16-12-14(19)8-9-17(16)25-2/h8-9,12-13,15H,4-7,10-11H2,1-3H3,(H,20,22)/t13-/m1/s1. The number of nitrogens with zero attached hydrogens (tertiary/aromatic N) is 1. The molecule has 1 atom stereocenters. The second kappa shape index (κ2) is 9.89. The summed E-state index contributed by atoms with van der Waals surface area (Å²) in [5.41, 5.74) is 0.246. The van der Waals surface area contributed by atoms with Gasteiger partial charge in [-0.2, -0.15) is 11.8 Å². The minimum Gasteiger partial charge on any atom is -0.495 e. The Labute approximate surface area is 171 Å². The average molecular weight is 435 g/mol. The van der Waals surface area contributed by atoms with Crippen molar-refractivity contribution in [3.05, 3.63) is 23.2 Å². The van der Waals surface area contributed by atoms with Crippen LogP contribution in [0.15, 0.2) is 18.2 Å². The first kappa shape index (κ1) is 22.2. The molecule has 1 aliphatic carbocycles. The van der Waals surface area contributed by atoms with Crippen LogP contribution in [-0.2, 0) is 14.8 Å². The number of hydrogen-bond donors (Lipinski definition) is 1. The molecule has 0 spiro atoms. The molecule has 1 aliphatic rings. The largest absolute Gasteiger partial charge is 0.495 e. The molecule has 0 radical (unpaired) electrons. The molecule has 0 heterocycles. The van der Waals surface area contributed by atoms with Crippen LogP contribution in [0.4, 0.5) is 5.69 Å². The van der Waals surface area contributed by atoms with E-state index in [9.17, 15) is 13.2 Å². The molecule has 1 amide bonds. The summed E-state index contributed by atoms with van der Waals surface area (Å²) in [4.78, 5) is 12.6. The van der Waals surface area contributed by atoms with E-state index in [1.807, 2.05) is 11.8 Å². The van der Waals surface area contributed by atoms with E-state index in [4.69, 9.17) is 16.3 Å². The Kier molecular flexibility index (Phi) is 8.12. The first-order valence-electron chi connectivity index (χ1n) is 8.96. The maximum absolute atomic E-state index is 12.6. The summed E-state index contributed by atoms with van der Waals surface area (Å²) in [6.07, 6.45) is 6.11. The molecule has 1 saturated carbocycles. The monoisotopic (exact) mass is 434 g/mol. The number of amides is 1. The fraction of sp³-hybridized carbons (Fsp3) is 0.611. The summed E-state index contributed by atoms with van der Waals surface area (Å²) in [7, 11) is -2.28. The van der Waals surface area contributed by atoms with Crippen molar-refractivity contribution in [1.82, 2.24) is 5.32 Å². The first-order valence-corrected chi connectivity index (χ1v) is 12.2. The van der Waals surface area contributed by atoms with Gasteiger partial charge in [-0.1, -0.05) is 24.4 Å². The molecule has 1 fully saturated rings. The fourth-order valence-corrected chi connectivity index (χ4v) is 5.78. The van der Waals surface area contributed by atoms with E-state index in [0.717, 1.165) is 16.3 Å². The van der Waals surface area contributed by atoms with Crippen LogP contribution in [0.25, 0.3) is 0 Å². The molecule has 0 unspecified atom stereocenters. The van der Waals surface area contributed by atoms with Gasteiger partial charge in [-0.25, -0.2) is 8.42 Å². The third-order valence-electron chi connectivity index (χ3n) is 4.52. The summed E-state index contributed by atoms with van der Waals surface area (Å²) >= 11 is 7.91. The number of methoxy groups -OCH3 is 1. The normalized spacial score (nSPS) is 16.1. The molecule has 0 aromatic heterocycles. The van der Waals surface area contributed by atoms with E-state index < -0.39 is 16.1 Å². The molecule has 1 aromatic rings. The lowest BCUT2D eigenvalue weighted by Crippen LogP contribution is -2.48. The van der Waals surface area contributed by atoms with Gasteiger partial charge in [0.05, 0.1) is 19.1 Å². The van der Waals surface area contributed by atoms with Crippen LogP contribution in [0.2, 0.25) is 5.02 Å². The Morgan fingerprint density at radius 2 is 2.07 bits per heavy atom. The smallest absolute Gasteiger partial charge is 0.243 e. The number of anilines is 1. The molecule has 1 aromatic carbocycles. The van der Waals surface area contributed by atoms with Crippen LogP contribution < -0.4 is 14.4 Å². The van der Waals surface area contributed by atoms with Crippen molar-refractivity contribution in [2.45, 2.75) is 43.9 Å². The quantitative estimate of drug-likeness (QED) is 0.603. The maximum atomic E-state index is 12.6. The molecule has 9 heteroatoms. The van der Waals surface area contributed by atoms with Crippen LogP contribution >= 0.6 is 23.4 Å². The van der Waals surface area contributed by atoms with Crippen molar-refractivity contribution in [1.29, 1.82) is 0 Å². The third kappa shape index (κ3) is 6.19. The zero-order valence-electron chi connectivity index (χ0n) is 15.9. The number of ether oxygens (including phenoxy) is 1. The molecule has 1 N–H and O–H groups in total. The van der Waals surface area contributed by atoms with E-state index in [0.29, 0.717) is 22.6 Å². The molecule has 0 aliphatic heterocycles. The lowest BCUT2D eigenvalue weighted by atomic mass is 10.2. The average Bonchev–Trinajstić information content (AvgIpc) is 3.11. The number of carbonyl (C=O) groups is 1. The van der Waals surface area contributed by atoms with Crippen LogP contribution in [-0.4, -0.2) is 51.3 Å². The molecule has 0 bridgehead atoms. The SMILES string of the molecule is COc1ccc(Cl)cc1N([C@H](C)C(=O)NCCSC1CCCC1)S(C)(=O)=O. The summed E-state index contributed by atoms with van der Waals surface area (Å²) in [5, 5.41) is 3.89. The molecule has 27 heavy (non-hydrogen) atoms. The van der Waals surface area contributed by atoms with E-state index in [-0.39, 0.29) is 11.6 Å². The van der Waals surface area contributed by atoms with Crippen molar-refractivity contribution in [3.8, 4) is 5.75 Å². The second-order valence-electron chi connectivity index (χ2n) is 6.62. The van der Waals surface area contributed by atoms with Gasteiger partial charge in [0.25, 0.3) is 0 Å². The number of nitrogens with one attached hydrogen (secondary N) is 1. The van der Waals surface area contributed by atoms with Crippen LogP contribution in [0.5, 0.6) is 5.75 Å². The molecular formula is C18H27ClN2O4S2. The maximum Gasteiger partial charge on any atom is 0.243 e. The topological polar surface area (TPSA) is 75.7 Å². The van der Waals surface area contributed by atoms with Gasteiger partial charge in [-0.05, 0) is 38.0 Å². The van der Waals surface area contributed by atoms with Gasteiger partial charge in [0, 0.05) is 22.6 Å². The lowest BCUT2D eigenvalue weighted by molar-refractivity contribution is -0.121. The highest BCUT2D eigenvalue weighted by Crippen LogP contribution is 2.34. The highest BCUT2D eigenvalue weighted by Gasteiger charge is 2.31. The van der Waals surface area contributed by atoms with Crippen LogP contribution in [0.1, 0.15) is 32.6 Å². The van der Waals surface area contributed by atoms with Crippen molar-refractivity contribution >= 4 is 45.0 Å². The number of carbonyl (C=O) groups excluding carboxylic acids is 1. The molecular weight excluding hydrogens is 408 g/mol. The summed E-state index contributed by atoms with van der Waals surface area (Å²) in [5.74, 6) is 0.804. The molecule has 0 saturated heterocycles. The molecule has 152 valence electrons. The zero-order chi connectivity index (χ0) is 20.0. The van der Waals surface area contributed by atoms with E-state index in [1.165, 1.54) is 38.9 Å². The lowest BCUT2D eigenvalue weighted by Gasteiger charge is -2.29. The minimum absolute atomic E-state index is 0.246. The van der Waals surface area contributed by atoms with E-state index in [1.54, 1.807) is 19.1 Å². The number of rotatable bonds is 9. The van der Waals surface area contributed by atoms with Crippen molar-refractivity contribution < 1.29 is 17.9 Å². The van der Waals surface area contributed by atoms with Gasteiger partial charge < -0.3 is 10.1 Å². The van der Waals surface area contributed by atoms with E-state index >= 15 is 0 Å². The number of hydrogen-bond acceptors (Lipinski definition) is 5. The Hall–Kier alpha value is -1.12. The van der Waals surface area contributed by atoms with Gasteiger partial charge in [0.2, 0.25) is 15.9 Å². The fourth-order valence-electron chi connectivity index (χ4n) is 3.22. The van der Waals surface area contributed by atoms with Crippen LogP contribution in [0, 0.1) is 0 Å². The van der Waals surface area contributed by atoms with Crippen molar-refractivity contribution in [2.75, 3.05) is 30.0 Å². The molecule has 2 rings (SSSR count). The number of sulfonamides is 1. The van der Waals surface area contributed by atoms with Gasteiger partial charge in [0.1, 0.15) is 11.8 Å². The number of halogens is 1. The third-order valence-corrected chi connectivity index (χ3v) is 7.37. The Balaban J connectivity index is 2.07. The van der Waals surface area contributed by atoms with Gasteiger partial charge in [-0.15, -0.1) is 0 Å². The summed E-state index contributed by atoms with van der Waals surface area (Å²) < 4.78 is 31.1. The number of benzene rings is 1. The summed E-state index contributed by atoms with van der Waals surface area (Å²) in [6, 6.07) is 3.75. The van der Waals surface area contributed by atoms with Crippen LogP contribution in [0.3, 0.4) is 0 Å². The van der Waals surface area contributed by atoms with Gasteiger partial charge in [-0.3, -0.25) is 9.10 Å². The Morgan fingerprint density at radius 1 is 1.41 bits per heavy atom.